The number of aliphatic hydroxyl groups excluding tert-OH is 1. The number of rotatable bonds is 6. The molecule has 0 heterocycles. The molecule has 1 atom stereocenters. The highest BCUT2D eigenvalue weighted by Gasteiger charge is 2.33. The van der Waals surface area contributed by atoms with Gasteiger partial charge in [-0.25, -0.2) is 8.42 Å². The topological polar surface area (TPSA) is 80.7 Å². The van der Waals surface area contributed by atoms with Crippen molar-refractivity contribution in [2.24, 2.45) is 0 Å². The normalized spacial score (nSPS) is 13.4. The van der Waals surface area contributed by atoms with Crippen molar-refractivity contribution in [3.8, 4) is 0 Å². The number of sulfone groups is 1. The molecule has 0 spiro atoms. The lowest BCUT2D eigenvalue weighted by atomic mass is 10.1. The van der Waals surface area contributed by atoms with Gasteiger partial charge in [0.25, 0.3) is 0 Å². The molecule has 128 valence electrons. The summed E-state index contributed by atoms with van der Waals surface area (Å²) in [5.41, 5.74) is 0.278. The maximum absolute atomic E-state index is 12.8. The summed E-state index contributed by atoms with van der Waals surface area (Å²) in [7, 11) is -3.84. The van der Waals surface area contributed by atoms with Crippen LogP contribution in [-0.2, 0) is 19.4 Å². The predicted molar refractivity (Wildman–Crippen MR) is 88.8 cm³/mol. The van der Waals surface area contributed by atoms with E-state index in [1.807, 2.05) is 6.92 Å². The lowest BCUT2D eigenvalue weighted by Crippen LogP contribution is -2.32. The van der Waals surface area contributed by atoms with E-state index in [0.29, 0.717) is 0 Å². The Hall–Kier alpha value is -1.66. The molecule has 1 rings (SSSR count). The molecule has 1 N–H and O–H groups in total. The van der Waals surface area contributed by atoms with Crippen molar-refractivity contribution >= 4 is 15.8 Å². The van der Waals surface area contributed by atoms with Gasteiger partial charge < -0.3 is 9.84 Å². The van der Waals surface area contributed by atoms with Crippen LogP contribution in [0.4, 0.5) is 0 Å². The zero-order valence-electron chi connectivity index (χ0n) is 14.0. The molecule has 0 aliphatic heterocycles. The fourth-order valence-electron chi connectivity index (χ4n) is 2.00. The van der Waals surface area contributed by atoms with Gasteiger partial charge in [0.1, 0.15) is 5.60 Å². The van der Waals surface area contributed by atoms with Gasteiger partial charge in [0.05, 0.1) is 23.2 Å². The van der Waals surface area contributed by atoms with Gasteiger partial charge in [-0.1, -0.05) is 24.3 Å². The lowest BCUT2D eigenvalue weighted by molar-refractivity contribution is -0.154. The second-order valence-electron chi connectivity index (χ2n) is 6.45. The molecule has 0 fully saturated rings. The molecule has 0 saturated carbocycles. The Morgan fingerprint density at radius 2 is 1.78 bits per heavy atom. The molecular formula is C17H24O5S. The third-order valence-corrected chi connectivity index (χ3v) is 5.33. The first-order valence-electron chi connectivity index (χ1n) is 7.28. The van der Waals surface area contributed by atoms with Crippen LogP contribution >= 0.6 is 0 Å². The summed E-state index contributed by atoms with van der Waals surface area (Å²) < 4.78 is 30.7. The van der Waals surface area contributed by atoms with Crippen LogP contribution < -0.4 is 0 Å². The standard InChI is InChI=1S/C17H24O5S/c1-12-6-8-14(9-7-12)23(20,21)15(13(2)11-18)10-16(19)22-17(3,4)5/h6-9,15,18H,2,10-11H2,1,3-5H3. The number of aryl methyl sites for hydroxylation is 1. The minimum atomic E-state index is -3.84. The molecule has 0 aliphatic carbocycles. The van der Waals surface area contributed by atoms with Crippen LogP contribution in [0.2, 0.25) is 0 Å². The summed E-state index contributed by atoms with van der Waals surface area (Å²) >= 11 is 0. The monoisotopic (exact) mass is 340 g/mol. The highest BCUT2D eigenvalue weighted by atomic mass is 32.2. The summed E-state index contributed by atoms with van der Waals surface area (Å²) in [6.07, 6.45) is -0.382. The number of benzene rings is 1. The highest BCUT2D eigenvalue weighted by molar-refractivity contribution is 7.92. The Morgan fingerprint density at radius 3 is 2.22 bits per heavy atom. The van der Waals surface area contributed by atoms with Crippen molar-refractivity contribution in [3.05, 3.63) is 42.0 Å². The first-order valence-corrected chi connectivity index (χ1v) is 8.83. The van der Waals surface area contributed by atoms with Gasteiger partial charge in [0, 0.05) is 0 Å². The zero-order valence-corrected chi connectivity index (χ0v) is 14.8. The first-order chi connectivity index (χ1) is 10.5. The van der Waals surface area contributed by atoms with E-state index in [1.165, 1.54) is 12.1 Å². The van der Waals surface area contributed by atoms with Crippen LogP contribution in [0, 0.1) is 6.92 Å². The van der Waals surface area contributed by atoms with Crippen molar-refractivity contribution in [2.45, 2.75) is 49.9 Å². The Balaban J connectivity index is 3.13. The van der Waals surface area contributed by atoms with Crippen molar-refractivity contribution < 1.29 is 23.1 Å². The van der Waals surface area contributed by atoms with Gasteiger partial charge in [-0.15, -0.1) is 0 Å². The van der Waals surface area contributed by atoms with E-state index in [2.05, 4.69) is 6.58 Å². The van der Waals surface area contributed by atoms with Gasteiger partial charge in [0.15, 0.2) is 9.84 Å². The van der Waals surface area contributed by atoms with Crippen LogP contribution in [0.3, 0.4) is 0 Å². The number of carbonyl (C=O) groups is 1. The van der Waals surface area contributed by atoms with E-state index in [4.69, 9.17) is 4.74 Å². The quantitative estimate of drug-likeness (QED) is 0.635. The zero-order chi connectivity index (χ0) is 17.8. The maximum Gasteiger partial charge on any atom is 0.307 e. The Morgan fingerprint density at radius 1 is 1.26 bits per heavy atom. The molecular weight excluding hydrogens is 316 g/mol. The van der Waals surface area contributed by atoms with Crippen molar-refractivity contribution in [3.63, 3.8) is 0 Å². The first kappa shape index (κ1) is 19.4. The van der Waals surface area contributed by atoms with E-state index < -0.39 is 33.3 Å². The Labute approximate surface area is 137 Å². The molecule has 5 nitrogen and oxygen atoms in total. The maximum atomic E-state index is 12.8. The average Bonchev–Trinajstić information content (AvgIpc) is 2.42. The summed E-state index contributed by atoms with van der Waals surface area (Å²) in [4.78, 5) is 12.1. The molecule has 1 unspecified atom stereocenters. The molecule has 0 bridgehead atoms. The predicted octanol–water partition coefficient (Wildman–Crippen LogP) is 2.42. The smallest absolute Gasteiger partial charge is 0.307 e. The van der Waals surface area contributed by atoms with Gasteiger partial charge in [0.2, 0.25) is 0 Å². The summed E-state index contributed by atoms with van der Waals surface area (Å²) in [5.74, 6) is -0.646. The Kier molecular flexibility index (Phi) is 6.13. The molecule has 0 radical (unpaired) electrons. The molecule has 0 saturated heterocycles. The largest absolute Gasteiger partial charge is 0.460 e. The second kappa shape index (κ2) is 7.27. The SMILES string of the molecule is C=C(CO)C(CC(=O)OC(C)(C)C)S(=O)(=O)c1ccc(C)cc1. The minimum Gasteiger partial charge on any atom is -0.460 e. The minimum absolute atomic E-state index is 0.0661. The number of esters is 1. The highest BCUT2D eigenvalue weighted by Crippen LogP contribution is 2.25. The van der Waals surface area contributed by atoms with Gasteiger partial charge in [-0.2, -0.15) is 0 Å². The number of hydrogen-bond donors (Lipinski definition) is 1. The Bertz CT molecular complexity index is 666. The van der Waals surface area contributed by atoms with Crippen molar-refractivity contribution in [1.82, 2.24) is 0 Å². The van der Waals surface area contributed by atoms with E-state index >= 15 is 0 Å². The van der Waals surface area contributed by atoms with Gasteiger partial charge in [-0.3, -0.25) is 4.79 Å². The second-order valence-corrected chi connectivity index (χ2v) is 8.58. The molecule has 0 aliphatic rings. The van der Waals surface area contributed by atoms with Crippen molar-refractivity contribution in [1.29, 1.82) is 0 Å². The summed E-state index contributed by atoms with van der Waals surface area (Å²) in [6, 6.07) is 6.33. The molecule has 1 aromatic rings. The fourth-order valence-corrected chi connectivity index (χ4v) is 3.71. The van der Waals surface area contributed by atoms with Crippen LogP contribution in [0.5, 0.6) is 0 Å². The number of carbonyl (C=O) groups excluding carboxylic acids is 1. The number of aliphatic hydroxyl groups is 1. The molecule has 23 heavy (non-hydrogen) atoms. The van der Waals surface area contributed by atoms with Gasteiger partial charge in [-0.05, 0) is 45.4 Å². The molecule has 6 heteroatoms. The third-order valence-electron chi connectivity index (χ3n) is 3.15. The molecule has 1 aromatic carbocycles. The van der Waals surface area contributed by atoms with Crippen LogP contribution in [0.25, 0.3) is 0 Å². The van der Waals surface area contributed by atoms with Gasteiger partial charge >= 0.3 is 5.97 Å². The van der Waals surface area contributed by atoms with E-state index in [9.17, 15) is 18.3 Å². The molecule has 0 amide bonds. The van der Waals surface area contributed by atoms with Crippen LogP contribution in [0.15, 0.2) is 41.3 Å². The number of hydrogen-bond acceptors (Lipinski definition) is 5. The fraction of sp³-hybridized carbons (Fsp3) is 0.471. The average molecular weight is 340 g/mol. The van der Waals surface area contributed by atoms with Crippen molar-refractivity contribution in [2.75, 3.05) is 6.61 Å². The summed E-state index contributed by atoms with van der Waals surface area (Å²) in [6.45, 7) is 10.0. The lowest BCUT2D eigenvalue weighted by Gasteiger charge is -2.23. The van der Waals surface area contributed by atoms with Crippen LogP contribution in [0.1, 0.15) is 32.8 Å². The van der Waals surface area contributed by atoms with E-state index in [1.54, 1.807) is 32.9 Å². The van der Waals surface area contributed by atoms with E-state index in [-0.39, 0.29) is 16.9 Å². The number of ether oxygens (including phenoxy) is 1. The molecule has 0 aromatic heterocycles. The van der Waals surface area contributed by atoms with E-state index in [0.717, 1.165) is 5.56 Å². The third kappa shape index (κ3) is 5.48. The summed E-state index contributed by atoms with van der Waals surface area (Å²) in [5, 5.41) is 8.07. The van der Waals surface area contributed by atoms with Crippen LogP contribution in [-0.4, -0.2) is 37.0 Å².